The number of aromatic nitrogens is 1. The number of hydrogen-bond donors (Lipinski definition) is 3. The number of nitrogens with one attached hydrogen (secondary N) is 3. The van der Waals surface area contributed by atoms with Gasteiger partial charge in [0.2, 0.25) is 0 Å². The minimum absolute atomic E-state index is 0.207. The monoisotopic (exact) mass is 453 g/mol. The molecule has 0 saturated heterocycles. The van der Waals surface area contributed by atoms with E-state index in [-0.39, 0.29) is 11.5 Å². The second kappa shape index (κ2) is 9.16. The Bertz CT molecular complexity index is 1160. The van der Waals surface area contributed by atoms with Crippen LogP contribution in [0.1, 0.15) is 26.3 Å². The summed E-state index contributed by atoms with van der Waals surface area (Å²) in [4.78, 5) is 33.9. The third-order valence-corrected chi connectivity index (χ3v) is 5.00. The van der Waals surface area contributed by atoms with Gasteiger partial charge in [0.15, 0.2) is 0 Å². The predicted molar refractivity (Wildman–Crippen MR) is 122 cm³/mol. The summed E-state index contributed by atoms with van der Waals surface area (Å²) in [6.45, 7) is 1.55. The van der Waals surface area contributed by atoms with Crippen LogP contribution in [0.4, 0.5) is 11.5 Å². The molecule has 9 heteroatoms. The molecule has 2 heterocycles. The molecule has 3 aromatic rings. The first-order valence-electron chi connectivity index (χ1n) is 9.42. The van der Waals surface area contributed by atoms with Crippen molar-refractivity contribution in [3.63, 3.8) is 0 Å². The van der Waals surface area contributed by atoms with E-state index in [2.05, 4.69) is 25.9 Å². The van der Waals surface area contributed by atoms with E-state index in [1.807, 2.05) is 12.1 Å². The van der Waals surface area contributed by atoms with Crippen molar-refractivity contribution in [2.45, 2.75) is 0 Å². The Morgan fingerprint density at radius 1 is 0.903 bits per heavy atom. The zero-order valence-corrected chi connectivity index (χ0v) is 17.7. The molecule has 7 nitrogen and oxygen atoms in total. The van der Waals surface area contributed by atoms with Crippen molar-refractivity contribution in [3.8, 4) is 0 Å². The van der Waals surface area contributed by atoms with Crippen LogP contribution in [-0.2, 0) is 0 Å². The molecule has 0 aliphatic carbocycles. The number of anilines is 2. The van der Waals surface area contributed by atoms with E-state index in [1.54, 1.807) is 36.4 Å². The van der Waals surface area contributed by atoms with Crippen molar-refractivity contribution >= 4 is 52.4 Å². The molecule has 0 saturated carbocycles. The molecule has 2 aromatic carbocycles. The van der Waals surface area contributed by atoms with Crippen LogP contribution in [0.2, 0.25) is 10.0 Å². The van der Waals surface area contributed by atoms with Crippen LogP contribution in [0.3, 0.4) is 0 Å². The molecule has 0 spiro atoms. The molecule has 1 aliphatic heterocycles. The minimum atomic E-state index is -0.465. The highest BCUT2D eigenvalue weighted by Gasteiger charge is 2.16. The zero-order chi connectivity index (χ0) is 21.8. The van der Waals surface area contributed by atoms with Gasteiger partial charge >= 0.3 is 0 Å². The molecule has 0 radical (unpaired) electrons. The summed E-state index contributed by atoms with van der Waals surface area (Å²) in [5.74, 6) is 0.326. The van der Waals surface area contributed by atoms with Crippen molar-refractivity contribution in [3.05, 3.63) is 87.5 Å². The molecule has 0 bridgehead atoms. The maximum atomic E-state index is 12.8. The Kier molecular flexibility index (Phi) is 6.16. The van der Waals surface area contributed by atoms with Gasteiger partial charge in [0.05, 0.1) is 22.8 Å². The largest absolute Gasteiger partial charge is 0.368 e. The summed E-state index contributed by atoms with van der Waals surface area (Å²) in [5, 5.41) is 9.45. The molecular formula is C22H17Cl2N5O2. The fourth-order valence-corrected chi connectivity index (χ4v) is 3.30. The smallest absolute Gasteiger partial charge is 0.258 e. The summed E-state index contributed by atoms with van der Waals surface area (Å²) in [5.41, 5.74) is 1.89. The van der Waals surface area contributed by atoms with Crippen LogP contribution < -0.4 is 16.0 Å². The van der Waals surface area contributed by atoms with E-state index in [0.717, 1.165) is 24.5 Å². The molecule has 31 heavy (non-hydrogen) atoms. The predicted octanol–water partition coefficient (Wildman–Crippen LogP) is 4.24. The quantitative estimate of drug-likeness (QED) is 0.538. The highest BCUT2D eigenvalue weighted by atomic mass is 35.5. The van der Waals surface area contributed by atoms with Crippen LogP contribution in [0.15, 0.2) is 65.8 Å². The van der Waals surface area contributed by atoms with Gasteiger partial charge in [0, 0.05) is 28.9 Å². The SMILES string of the molecule is O=C(Nc1ccc(Cl)cc1C(=O)Nc1ccc(Cl)cn1)c1ccc(C2=NCCN2)cc1. The maximum Gasteiger partial charge on any atom is 0.258 e. The number of carbonyl (C=O) groups is 2. The maximum absolute atomic E-state index is 12.8. The molecule has 1 aromatic heterocycles. The third kappa shape index (κ3) is 5.02. The lowest BCUT2D eigenvalue weighted by molar-refractivity contribution is 0.102. The lowest BCUT2D eigenvalue weighted by Crippen LogP contribution is -2.20. The van der Waals surface area contributed by atoms with Gasteiger partial charge in [0.25, 0.3) is 11.8 Å². The van der Waals surface area contributed by atoms with Crippen LogP contribution >= 0.6 is 23.2 Å². The van der Waals surface area contributed by atoms with Gasteiger partial charge in [-0.1, -0.05) is 35.3 Å². The fraction of sp³-hybridized carbons (Fsp3) is 0.0909. The number of amidine groups is 1. The average molecular weight is 454 g/mol. The molecule has 0 fully saturated rings. The van der Waals surface area contributed by atoms with Crippen LogP contribution in [0.5, 0.6) is 0 Å². The highest BCUT2D eigenvalue weighted by molar-refractivity contribution is 6.31. The number of carbonyl (C=O) groups excluding carboxylic acids is 2. The second-order valence-electron chi connectivity index (χ2n) is 6.69. The Hall–Kier alpha value is -3.42. The Morgan fingerprint density at radius 3 is 2.35 bits per heavy atom. The first-order valence-corrected chi connectivity index (χ1v) is 10.2. The fourth-order valence-electron chi connectivity index (χ4n) is 3.01. The first-order chi connectivity index (χ1) is 15.0. The zero-order valence-electron chi connectivity index (χ0n) is 16.2. The van der Waals surface area contributed by atoms with Crippen molar-refractivity contribution in [2.75, 3.05) is 23.7 Å². The summed E-state index contributed by atoms with van der Waals surface area (Å²) < 4.78 is 0. The average Bonchev–Trinajstić information content (AvgIpc) is 3.31. The van der Waals surface area contributed by atoms with E-state index >= 15 is 0 Å². The molecule has 156 valence electrons. The third-order valence-electron chi connectivity index (χ3n) is 4.54. The summed E-state index contributed by atoms with van der Waals surface area (Å²) in [6, 6.07) is 14.9. The number of amides is 2. The Labute approximate surface area is 188 Å². The summed E-state index contributed by atoms with van der Waals surface area (Å²) >= 11 is 11.9. The topological polar surface area (TPSA) is 95.5 Å². The summed E-state index contributed by atoms with van der Waals surface area (Å²) in [6.07, 6.45) is 1.42. The molecule has 3 N–H and O–H groups in total. The number of pyridine rings is 1. The van der Waals surface area contributed by atoms with E-state index < -0.39 is 5.91 Å². The molecule has 4 rings (SSSR count). The van der Waals surface area contributed by atoms with Crippen molar-refractivity contribution in [1.82, 2.24) is 10.3 Å². The van der Waals surface area contributed by atoms with Gasteiger partial charge in [-0.3, -0.25) is 14.6 Å². The molecule has 2 amide bonds. The lowest BCUT2D eigenvalue weighted by atomic mass is 10.1. The van der Waals surface area contributed by atoms with Gasteiger partial charge < -0.3 is 16.0 Å². The number of aliphatic imine (C=N–C) groups is 1. The number of nitrogens with zero attached hydrogens (tertiary/aromatic N) is 2. The molecule has 1 aliphatic rings. The van der Waals surface area contributed by atoms with E-state index in [1.165, 1.54) is 12.3 Å². The highest BCUT2D eigenvalue weighted by Crippen LogP contribution is 2.23. The first kappa shape index (κ1) is 20.8. The van der Waals surface area contributed by atoms with E-state index in [4.69, 9.17) is 23.2 Å². The Morgan fingerprint density at radius 2 is 1.68 bits per heavy atom. The number of halogens is 2. The minimum Gasteiger partial charge on any atom is -0.368 e. The van der Waals surface area contributed by atoms with Crippen LogP contribution in [0.25, 0.3) is 0 Å². The van der Waals surface area contributed by atoms with E-state index in [9.17, 15) is 9.59 Å². The number of hydrogen-bond acceptors (Lipinski definition) is 5. The standard InChI is InChI=1S/C22H17Cl2N5O2/c23-15-5-7-18(17(11-15)22(31)29-19-8-6-16(24)12-27-19)28-21(30)14-3-1-13(2-4-14)20-25-9-10-26-20/h1-8,11-12H,9-10H2,(H,25,26)(H,28,30)(H,27,29,31). The van der Waals surface area contributed by atoms with Crippen LogP contribution in [-0.4, -0.2) is 35.7 Å². The van der Waals surface area contributed by atoms with Crippen LogP contribution in [0, 0.1) is 0 Å². The summed E-state index contributed by atoms with van der Waals surface area (Å²) in [7, 11) is 0. The second-order valence-corrected chi connectivity index (χ2v) is 7.57. The molecule has 0 unspecified atom stereocenters. The van der Waals surface area contributed by atoms with Gasteiger partial charge in [-0.05, 0) is 42.5 Å². The van der Waals surface area contributed by atoms with Gasteiger partial charge in [-0.15, -0.1) is 0 Å². The van der Waals surface area contributed by atoms with Crippen molar-refractivity contribution in [1.29, 1.82) is 0 Å². The van der Waals surface area contributed by atoms with E-state index in [0.29, 0.717) is 27.1 Å². The van der Waals surface area contributed by atoms with Gasteiger partial charge in [-0.25, -0.2) is 4.98 Å². The Balaban J connectivity index is 1.52. The number of benzene rings is 2. The normalized spacial score (nSPS) is 12.6. The molecule has 0 atom stereocenters. The number of rotatable bonds is 5. The van der Waals surface area contributed by atoms with Crippen molar-refractivity contribution < 1.29 is 9.59 Å². The molecular weight excluding hydrogens is 437 g/mol. The van der Waals surface area contributed by atoms with Gasteiger partial charge in [-0.2, -0.15) is 0 Å². The van der Waals surface area contributed by atoms with Crippen molar-refractivity contribution in [2.24, 2.45) is 4.99 Å². The van der Waals surface area contributed by atoms with Gasteiger partial charge in [0.1, 0.15) is 11.7 Å². The lowest BCUT2D eigenvalue weighted by Gasteiger charge is -2.12.